The topological polar surface area (TPSA) is 42.0 Å². The van der Waals surface area contributed by atoms with E-state index in [0.29, 0.717) is 4.90 Å². The number of piperazine rings is 1. The van der Waals surface area contributed by atoms with E-state index in [2.05, 4.69) is 0 Å². The number of rotatable bonds is 8. The van der Waals surface area contributed by atoms with Crippen LogP contribution < -0.4 is 4.74 Å². The SMILES string of the molecule is CC(C)(C)OC(=O)CCCOc1cc(C(F)(F)F)ccc1CN1CCN(C(C(F)(F)F)C(F)(F)F)CC1. The van der Waals surface area contributed by atoms with Gasteiger partial charge in [0.25, 0.3) is 0 Å². The molecule has 0 atom stereocenters. The fourth-order valence-corrected chi connectivity index (χ4v) is 3.81. The maximum Gasteiger partial charge on any atom is 0.416 e. The summed E-state index contributed by atoms with van der Waals surface area (Å²) in [6.07, 6.45) is -15.5. The molecule has 0 N–H and O–H groups in total. The lowest BCUT2D eigenvalue weighted by Crippen LogP contribution is -2.60. The van der Waals surface area contributed by atoms with Gasteiger partial charge >= 0.3 is 24.5 Å². The van der Waals surface area contributed by atoms with Crippen molar-refractivity contribution >= 4 is 5.97 Å². The van der Waals surface area contributed by atoms with Gasteiger partial charge in [0.2, 0.25) is 6.04 Å². The summed E-state index contributed by atoms with van der Waals surface area (Å²) in [5.41, 5.74) is -1.40. The Kier molecular flexibility index (Phi) is 9.77. The van der Waals surface area contributed by atoms with Gasteiger partial charge in [0.05, 0.1) is 12.2 Å². The lowest BCUT2D eigenvalue weighted by Gasteiger charge is -2.40. The van der Waals surface area contributed by atoms with Crippen LogP contribution >= 0.6 is 0 Å². The molecule has 212 valence electrons. The van der Waals surface area contributed by atoms with Crippen molar-refractivity contribution in [2.45, 2.75) is 70.3 Å². The second-order valence-electron chi connectivity index (χ2n) is 9.66. The van der Waals surface area contributed by atoms with Crippen LogP contribution in [0, 0.1) is 0 Å². The first kappa shape index (κ1) is 31.0. The first-order valence-electron chi connectivity index (χ1n) is 11.4. The largest absolute Gasteiger partial charge is 0.493 e. The van der Waals surface area contributed by atoms with Crippen LogP contribution in [0.25, 0.3) is 0 Å². The number of hydrogen-bond donors (Lipinski definition) is 0. The van der Waals surface area contributed by atoms with E-state index in [0.717, 1.165) is 18.2 Å². The number of ether oxygens (including phenoxy) is 2. The summed E-state index contributed by atoms with van der Waals surface area (Å²) in [5, 5.41) is 0. The zero-order valence-electron chi connectivity index (χ0n) is 20.5. The van der Waals surface area contributed by atoms with Crippen LogP contribution in [0.5, 0.6) is 5.75 Å². The molecule has 0 bridgehead atoms. The summed E-state index contributed by atoms with van der Waals surface area (Å²) in [4.78, 5) is 13.6. The minimum atomic E-state index is -5.49. The lowest BCUT2D eigenvalue weighted by atomic mass is 10.1. The fourth-order valence-electron chi connectivity index (χ4n) is 3.81. The van der Waals surface area contributed by atoms with Crippen molar-refractivity contribution in [1.29, 1.82) is 0 Å². The highest BCUT2D eigenvalue weighted by atomic mass is 19.4. The van der Waals surface area contributed by atoms with E-state index in [9.17, 15) is 44.3 Å². The quantitative estimate of drug-likeness (QED) is 0.231. The number of hydrogen-bond acceptors (Lipinski definition) is 5. The molecule has 1 heterocycles. The molecule has 1 aliphatic heterocycles. The van der Waals surface area contributed by atoms with E-state index in [4.69, 9.17) is 9.47 Å². The Morgan fingerprint density at radius 2 is 1.49 bits per heavy atom. The second kappa shape index (κ2) is 11.7. The third kappa shape index (κ3) is 9.87. The normalized spacial score (nSPS) is 16.8. The molecule has 0 saturated carbocycles. The van der Waals surface area contributed by atoms with Gasteiger partial charge in [0, 0.05) is 44.7 Å². The molecule has 37 heavy (non-hydrogen) atoms. The molecule has 1 aromatic rings. The van der Waals surface area contributed by atoms with E-state index < -0.39 is 54.8 Å². The van der Waals surface area contributed by atoms with Gasteiger partial charge in [-0.05, 0) is 39.3 Å². The molecule has 0 spiro atoms. The molecule has 0 unspecified atom stereocenters. The Morgan fingerprint density at radius 3 is 1.97 bits per heavy atom. The van der Waals surface area contributed by atoms with Gasteiger partial charge in [-0.2, -0.15) is 39.5 Å². The van der Waals surface area contributed by atoms with Crippen LogP contribution in [0.4, 0.5) is 39.5 Å². The van der Waals surface area contributed by atoms with Crippen molar-refractivity contribution in [1.82, 2.24) is 9.80 Å². The first-order valence-corrected chi connectivity index (χ1v) is 11.4. The van der Waals surface area contributed by atoms with Gasteiger partial charge in [-0.1, -0.05) is 6.07 Å². The number of halogens is 9. The molecule has 0 radical (unpaired) electrons. The second-order valence-corrected chi connectivity index (χ2v) is 9.66. The monoisotopic (exact) mass is 552 g/mol. The van der Waals surface area contributed by atoms with Crippen molar-refractivity contribution in [2.75, 3.05) is 32.8 Å². The first-order chi connectivity index (χ1) is 16.8. The summed E-state index contributed by atoms with van der Waals surface area (Å²) in [5.74, 6) is -0.640. The van der Waals surface area contributed by atoms with Gasteiger partial charge in [-0.3, -0.25) is 14.6 Å². The molecule has 14 heteroatoms. The predicted octanol–water partition coefficient (Wildman–Crippen LogP) is 5.82. The van der Waals surface area contributed by atoms with E-state index in [-0.39, 0.29) is 50.4 Å². The molecule has 1 fully saturated rings. The number of alkyl halides is 9. The Hall–Kier alpha value is -2.22. The minimum Gasteiger partial charge on any atom is -0.493 e. The number of esters is 1. The van der Waals surface area contributed by atoms with E-state index in [1.807, 2.05) is 0 Å². The molecule has 1 aliphatic rings. The molecule has 0 aliphatic carbocycles. The predicted molar refractivity (Wildman–Crippen MR) is 115 cm³/mol. The molecule has 5 nitrogen and oxygen atoms in total. The Morgan fingerprint density at radius 1 is 0.919 bits per heavy atom. The molecule has 1 aromatic carbocycles. The smallest absolute Gasteiger partial charge is 0.416 e. The summed E-state index contributed by atoms with van der Waals surface area (Å²) < 4.78 is 128. The van der Waals surface area contributed by atoms with E-state index in [1.54, 1.807) is 20.8 Å². The van der Waals surface area contributed by atoms with Crippen LogP contribution in [-0.2, 0) is 22.3 Å². The zero-order valence-corrected chi connectivity index (χ0v) is 20.5. The third-order valence-electron chi connectivity index (χ3n) is 5.38. The van der Waals surface area contributed by atoms with E-state index in [1.165, 1.54) is 4.90 Å². The van der Waals surface area contributed by atoms with Crippen LogP contribution in [0.3, 0.4) is 0 Å². The molecule has 0 amide bonds. The van der Waals surface area contributed by atoms with Crippen molar-refractivity contribution in [2.24, 2.45) is 0 Å². The van der Waals surface area contributed by atoms with E-state index >= 15 is 0 Å². The number of carbonyl (C=O) groups excluding carboxylic acids is 1. The van der Waals surface area contributed by atoms with Crippen molar-refractivity contribution in [3.8, 4) is 5.75 Å². The summed E-state index contributed by atoms with van der Waals surface area (Å²) in [7, 11) is 0. The van der Waals surface area contributed by atoms with Crippen LogP contribution in [0.1, 0.15) is 44.7 Å². The average molecular weight is 552 g/mol. The van der Waals surface area contributed by atoms with Gasteiger partial charge in [0.15, 0.2) is 0 Å². The summed E-state index contributed by atoms with van der Waals surface area (Å²) >= 11 is 0. The molecule has 1 saturated heterocycles. The number of benzene rings is 1. The van der Waals surface area contributed by atoms with Gasteiger partial charge in [-0.15, -0.1) is 0 Å². The van der Waals surface area contributed by atoms with Crippen molar-refractivity contribution in [3.63, 3.8) is 0 Å². The molecular formula is C23H29F9N2O3. The third-order valence-corrected chi connectivity index (χ3v) is 5.38. The Bertz CT molecular complexity index is 887. The summed E-state index contributed by atoms with van der Waals surface area (Å²) in [6, 6.07) is -0.825. The van der Waals surface area contributed by atoms with Crippen LogP contribution in [0.15, 0.2) is 18.2 Å². The van der Waals surface area contributed by atoms with Gasteiger partial charge < -0.3 is 9.47 Å². The maximum atomic E-state index is 13.2. The zero-order chi connectivity index (χ0) is 28.2. The summed E-state index contributed by atoms with van der Waals surface area (Å²) in [6.45, 7) is 3.50. The Labute approximate surface area is 208 Å². The average Bonchev–Trinajstić information content (AvgIpc) is 2.69. The molecule has 2 rings (SSSR count). The van der Waals surface area contributed by atoms with Crippen LogP contribution in [0.2, 0.25) is 0 Å². The van der Waals surface area contributed by atoms with Crippen molar-refractivity contribution in [3.05, 3.63) is 29.3 Å². The standard InChI is InChI=1S/C23H29F9N2O3/c1-20(2,3)37-18(35)5-4-12-36-17-13-16(21(24,25)26)7-6-15(17)14-33-8-10-34(11-9-33)19(22(27,28)29)23(30,31)32/h6-7,13,19H,4-5,8-12,14H2,1-3H3. The highest BCUT2D eigenvalue weighted by Gasteiger charge is 2.59. The highest BCUT2D eigenvalue weighted by molar-refractivity contribution is 5.69. The van der Waals surface area contributed by atoms with Crippen molar-refractivity contribution < 1.29 is 53.8 Å². The van der Waals surface area contributed by atoms with Crippen LogP contribution in [-0.4, -0.2) is 72.6 Å². The maximum absolute atomic E-state index is 13.2. The van der Waals surface area contributed by atoms with Gasteiger partial charge in [0.1, 0.15) is 11.4 Å². The number of nitrogens with zero attached hydrogens (tertiary/aromatic N) is 2. The van der Waals surface area contributed by atoms with Gasteiger partial charge in [-0.25, -0.2) is 0 Å². The number of carbonyl (C=O) groups is 1. The fraction of sp³-hybridized carbons (Fsp3) is 0.696. The molecule has 0 aromatic heterocycles. The molecular weight excluding hydrogens is 523 g/mol. The Balaban J connectivity index is 2.06. The minimum absolute atomic E-state index is 0.0346. The lowest BCUT2D eigenvalue weighted by molar-refractivity contribution is -0.289. The highest BCUT2D eigenvalue weighted by Crippen LogP contribution is 2.38.